The molecule has 0 unspecified atom stereocenters. The maximum absolute atomic E-state index is 11.9. The number of aryl methyl sites for hydroxylation is 1. The number of carbonyl (C=O) groups excluding carboxylic acids is 1. The Morgan fingerprint density at radius 1 is 1.17 bits per heavy atom. The number of benzene rings is 2. The summed E-state index contributed by atoms with van der Waals surface area (Å²) in [6, 6.07) is 15.2. The minimum absolute atomic E-state index is 0.00472. The Morgan fingerprint density at radius 3 is 2.57 bits per heavy atom. The fraction of sp³-hybridized carbons (Fsp3) is 0.316. The van der Waals surface area contributed by atoms with Gasteiger partial charge in [-0.25, -0.2) is 0 Å². The number of para-hydroxylation sites is 1. The van der Waals surface area contributed by atoms with Crippen molar-refractivity contribution in [2.75, 3.05) is 17.7 Å². The molecule has 3 N–H and O–H groups in total. The van der Waals surface area contributed by atoms with E-state index >= 15 is 0 Å². The van der Waals surface area contributed by atoms with Crippen LogP contribution in [-0.4, -0.2) is 12.5 Å². The van der Waals surface area contributed by atoms with Gasteiger partial charge in [-0.05, 0) is 42.2 Å². The molecule has 23 heavy (non-hydrogen) atoms. The van der Waals surface area contributed by atoms with Crippen molar-refractivity contribution in [1.29, 1.82) is 0 Å². The zero-order valence-corrected chi connectivity index (χ0v) is 13.7. The molecule has 0 saturated carbocycles. The van der Waals surface area contributed by atoms with Gasteiger partial charge in [0.25, 0.3) is 0 Å². The number of nitrogens with one attached hydrogen (secondary N) is 1. The van der Waals surface area contributed by atoms with E-state index in [1.54, 1.807) is 0 Å². The number of hydrogen-bond donors (Lipinski definition) is 2. The van der Waals surface area contributed by atoms with Gasteiger partial charge in [0.15, 0.2) is 0 Å². The zero-order valence-electron chi connectivity index (χ0n) is 13.7. The maximum Gasteiger partial charge on any atom is 0.224 e. The van der Waals surface area contributed by atoms with Crippen LogP contribution in [0.2, 0.25) is 0 Å². The van der Waals surface area contributed by atoms with E-state index in [0.29, 0.717) is 36.8 Å². The topological polar surface area (TPSA) is 64.3 Å². The van der Waals surface area contributed by atoms with Gasteiger partial charge < -0.3 is 15.8 Å². The van der Waals surface area contributed by atoms with Crippen LogP contribution >= 0.6 is 0 Å². The summed E-state index contributed by atoms with van der Waals surface area (Å²) >= 11 is 0. The average molecular weight is 312 g/mol. The molecule has 0 fully saturated rings. The number of ether oxygens (including phenoxy) is 1. The van der Waals surface area contributed by atoms with Crippen LogP contribution in [0.25, 0.3) is 0 Å². The van der Waals surface area contributed by atoms with Crippen molar-refractivity contribution in [1.82, 2.24) is 0 Å². The van der Waals surface area contributed by atoms with Gasteiger partial charge in [0.1, 0.15) is 5.75 Å². The van der Waals surface area contributed by atoms with E-state index in [2.05, 4.69) is 19.2 Å². The molecule has 2 aromatic rings. The van der Waals surface area contributed by atoms with Crippen LogP contribution in [0.5, 0.6) is 5.75 Å². The van der Waals surface area contributed by atoms with Crippen molar-refractivity contribution in [2.24, 2.45) is 5.92 Å². The number of anilines is 2. The molecule has 0 saturated heterocycles. The summed E-state index contributed by atoms with van der Waals surface area (Å²) in [6.07, 6.45) is 1.06. The Bertz CT molecular complexity index is 639. The van der Waals surface area contributed by atoms with E-state index in [9.17, 15) is 4.79 Å². The second-order valence-corrected chi connectivity index (χ2v) is 5.99. The lowest BCUT2D eigenvalue weighted by Crippen LogP contribution is -2.12. The number of hydrogen-bond acceptors (Lipinski definition) is 3. The standard InChI is InChI=1S/C19H24N2O2/c1-14(2)13-23-18-10-8-15(12-17(18)20)9-11-19(22)21-16-6-4-3-5-7-16/h3-8,10,12,14H,9,11,13,20H2,1-2H3,(H,21,22). The largest absolute Gasteiger partial charge is 0.491 e. The molecule has 0 aliphatic heterocycles. The zero-order chi connectivity index (χ0) is 16.7. The highest BCUT2D eigenvalue weighted by Gasteiger charge is 2.06. The summed E-state index contributed by atoms with van der Waals surface area (Å²) in [5.74, 6) is 1.15. The number of rotatable bonds is 7. The fourth-order valence-electron chi connectivity index (χ4n) is 2.14. The minimum Gasteiger partial charge on any atom is -0.491 e. The predicted molar refractivity (Wildman–Crippen MR) is 94.6 cm³/mol. The Morgan fingerprint density at radius 2 is 1.91 bits per heavy atom. The van der Waals surface area contributed by atoms with Crippen molar-refractivity contribution in [3.63, 3.8) is 0 Å². The summed E-state index contributed by atoms with van der Waals surface area (Å²) in [5.41, 5.74) is 8.47. The second-order valence-electron chi connectivity index (χ2n) is 5.99. The molecule has 4 nitrogen and oxygen atoms in total. The molecule has 0 aliphatic rings. The van der Waals surface area contributed by atoms with Gasteiger partial charge in [-0.1, -0.05) is 38.1 Å². The van der Waals surface area contributed by atoms with E-state index in [1.165, 1.54) is 0 Å². The van der Waals surface area contributed by atoms with Crippen LogP contribution in [0.3, 0.4) is 0 Å². The molecular weight excluding hydrogens is 288 g/mol. The van der Waals surface area contributed by atoms with E-state index in [0.717, 1.165) is 11.3 Å². The first-order valence-electron chi connectivity index (χ1n) is 7.90. The normalized spacial score (nSPS) is 10.6. The lowest BCUT2D eigenvalue weighted by atomic mass is 10.1. The maximum atomic E-state index is 11.9. The number of carbonyl (C=O) groups is 1. The smallest absolute Gasteiger partial charge is 0.224 e. The number of nitrogen functional groups attached to an aromatic ring is 1. The highest BCUT2D eigenvalue weighted by atomic mass is 16.5. The van der Waals surface area contributed by atoms with Crippen LogP contribution in [-0.2, 0) is 11.2 Å². The van der Waals surface area contributed by atoms with Crippen LogP contribution in [0.4, 0.5) is 11.4 Å². The van der Waals surface area contributed by atoms with Crippen molar-refractivity contribution < 1.29 is 9.53 Å². The lowest BCUT2D eigenvalue weighted by molar-refractivity contribution is -0.116. The molecule has 2 aromatic carbocycles. The number of amides is 1. The first-order valence-corrected chi connectivity index (χ1v) is 7.90. The van der Waals surface area contributed by atoms with Crippen molar-refractivity contribution in [3.05, 3.63) is 54.1 Å². The monoisotopic (exact) mass is 312 g/mol. The molecule has 0 aromatic heterocycles. The minimum atomic E-state index is -0.00472. The van der Waals surface area contributed by atoms with E-state index < -0.39 is 0 Å². The Labute approximate surface area is 137 Å². The highest BCUT2D eigenvalue weighted by molar-refractivity contribution is 5.90. The average Bonchev–Trinajstić information content (AvgIpc) is 2.53. The van der Waals surface area contributed by atoms with Gasteiger partial charge >= 0.3 is 0 Å². The van der Waals surface area contributed by atoms with Crippen LogP contribution in [0.15, 0.2) is 48.5 Å². The summed E-state index contributed by atoms with van der Waals surface area (Å²) in [7, 11) is 0. The fourth-order valence-corrected chi connectivity index (χ4v) is 2.14. The third-order valence-corrected chi connectivity index (χ3v) is 3.34. The first kappa shape index (κ1) is 16.9. The molecule has 1 amide bonds. The summed E-state index contributed by atoms with van der Waals surface area (Å²) in [6.45, 7) is 4.83. The Balaban J connectivity index is 1.86. The lowest BCUT2D eigenvalue weighted by Gasteiger charge is -2.12. The quantitative estimate of drug-likeness (QED) is 0.763. The van der Waals surface area contributed by atoms with Gasteiger partial charge in [0.05, 0.1) is 12.3 Å². The molecule has 2 rings (SSSR count). The van der Waals surface area contributed by atoms with E-state index in [-0.39, 0.29) is 5.91 Å². The summed E-state index contributed by atoms with van der Waals surface area (Å²) < 4.78 is 5.65. The van der Waals surface area contributed by atoms with Crippen LogP contribution in [0.1, 0.15) is 25.8 Å². The van der Waals surface area contributed by atoms with Crippen molar-refractivity contribution >= 4 is 17.3 Å². The third kappa shape index (κ3) is 5.66. The molecular formula is C19H24N2O2. The summed E-state index contributed by atoms with van der Waals surface area (Å²) in [5, 5.41) is 2.88. The molecule has 4 heteroatoms. The van der Waals surface area contributed by atoms with Gasteiger partial charge in [-0.2, -0.15) is 0 Å². The van der Waals surface area contributed by atoms with Crippen molar-refractivity contribution in [2.45, 2.75) is 26.7 Å². The highest BCUT2D eigenvalue weighted by Crippen LogP contribution is 2.23. The van der Waals surface area contributed by atoms with Crippen molar-refractivity contribution in [3.8, 4) is 5.75 Å². The Hall–Kier alpha value is -2.49. The van der Waals surface area contributed by atoms with Gasteiger partial charge in [0.2, 0.25) is 5.91 Å². The van der Waals surface area contributed by atoms with E-state index in [4.69, 9.17) is 10.5 Å². The molecule has 0 spiro atoms. The van der Waals surface area contributed by atoms with Gasteiger partial charge in [-0.3, -0.25) is 4.79 Å². The molecule has 0 aliphatic carbocycles. The second kappa shape index (κ2) is 8.22. The first-order chi connectivity index (χ1) is 11.0. The molecule has 0 heterocycles. The van der Waals surface area contributed by atoms with Crippen LogP contribution < -0.4 is 15.8 Å². The third-order valence-electron chi connectivity index (χ3n) is 3.34. The molecule has 122 valence electrons. The van der Waals surface area contributed by atoms with Crippen LogP contribution in [0, 0.1) is 5.92 Å². The molecule has 0 radical (unpaired) electrons. The molecule has 0 atom stereocenters. The predicted octanol–water partition coefficient (Wildman–Crippen LogP) is 3.87. The SMILES string of the molecule is CC(C)COc1ccc(CCC(=O)Nc2ccccc2)cc1N. The van der Waals surface area contributed by atoms with Gasteiger partial charge in [-0.15, -0.1) is 0 Å². The Kier molecular flexibility index (Phi) is 6.03. The van der Waals surface area contributed by atoms with Gasteiger partial charge in [0, 0.05) is 12.1 Å². The van der Waals surface area contributed by atoms with E-state index in [1.807, 2.05) is 48.5 Å². The molecule has 0 bridgehead atoms. The summed E-state index contributed by atoms with van der Waals surface area (Å²) in [4.78, 5) is 11.9. The number of nitrogens with two attached hydrogens (primary N) is 1.